The summed E-state index contributed by atoms with van der Waals surface area (Å²) < 4.78 is 7.03. The van der Waals surface area contributed by atoms with E-state index in [-0.39, 0.29) is 5.91 Å². The van der Waals surface area contributed by atoms with Gasteiger partial charge in [0.2, 0.25) is 0 Å². The number of benzene rings is 2. The van der Waals surface area contributed by atoms with Crippen molar-refractivity contribution in [1.82, 2.24) is 29.6 Å². The molecule has 0 bridgehead atoms. The first-order valence-electron chi connectivity index (χ1n) is 12.2. The van der Waals surface area contributed by atoms with Gasteiger partial charge < -0.3 is 9.64 Å². The summed E-state index contributed by atoms with van der Waals surface area (Å²) in [6.07, 6.45) is 7.03. The summed E-state index contributed by atoms with van der Waals surface area (Å²) >= 11 is 0. The number of methoxy groups -OCH3 is 1. The lowest BCUT2D eigenvalue weighted by atomic mass is 9.90. The molecular formula is C29H26N6O2. The van der Waals surface area contributed by atoms with Gasteiger partial charge in [0.05, 0.1) is 35.8 Å². The Morgan fingerprint density at radius 3 is 2.78 bits per heavy atom. The fraction of sp³-hybridized carbons (Fsp3) is 0.207. The van der Waals surface area contributed by atoms with Crippen LogP contribution in [-0.4, -0.2) is 49.7 Å². The Hall–Kier alpha value is -4.59. The molecular weight excluding hydrogens is 464 g/mol. The van der Waals surface area contributed by atoms with E-state index >= 15 is 0 Å². The number of nitrogens with zero attached hydrogens (tertiary/aromatic N) is 6. The fourth-order valence-corrected chi connectivity index (χ4v) is 4.98. The number of ether oxygens (including phenoxy) is 1. The lowest BCUT2D eigenvalue weighted by molar-refractivity contribution is 0.0785. The van der Waals surface area contributed by atoms with Crippen molar-refractivity contribution in [3.05, 3.63) is 95.1 Å². The van der Waals surface area contributed by atoms with E-state index in [0.29, 0.717) is 23.8 Å². The van der Waals surface area contributed by atoms with Gasteiger partial charge in [0.25, 0.3) is 11.9 Å². The molecule has 0 saturated carbocycles. The minimum Gasteiger partial charge on any atom is -0.497 e. The Morgan fingerprint density at radius 1 is 1.05 bits per heavy atom. The van der Waals surface area contributed by atoms with Crippen molar-refractivity contribution in [2.75, 3.05) is 14.2 Å². The van der Waals surface area contributed by atoms with Crippen LogP contribution >= 0.6 is 0 Å². The van der Waals surface area contributed by atoms with Crippen LogP contribution in [0.1, 0.15) is 32.7 Å². The molecule has 1 aliphatic rings. The first-order valence-corrected chi connectivity index (χ1v) is 12.2. The molecule has 0 fully saturated rings. The predicted molar refractivity (Wildman–Crippen MR) is 141 cm³/mol. The van der Waals surface area contributed by atoms with Crippen molar-refractivity contribution in [3.8, 4) is 23.0 Å². The van der Waals surface area contributed by atoms with E-state index in [9.17, 15) is 4.79 Å². The van der Waals surface area contributed by atoms with Crippen LogP contribution in [0.2, 0.25) is 0 Å². The average Bonchev–Trinajstić information content (AvgIpc) is 3.33. The maximum Gasteiger partial charge on any atom is 0.257 e. The number of amides is 1. The van der Waals surface area contributed by atoms with Crippen LogP contribution in [0.4, 0.5) is 0 Å². The predicted octanol–water partition coefficient (Wildman–Crippen LogP) is 4.57. The number of carbonyl (C=O) groups excluding carboxylic acids is 1. The minimum absolute atomic E-state index is 0.111. The van der Waals surface area contributed by atoms with Gasteiger partial charge in [-0.25, -0.2) is 14.6 Å². The zero-order valence-electron chi connectivity index (χ0n) is 21.0. The fourth-order valence-electron chi connectivity index (χ4n) is 4.98. The van der Waals surface area contributed by atoms with Gasteiger partial charge in [-0.05, 0) is 66.8 Å². The normalized spacial score (nSPS) is 12.2. The molecule has 0 unspecified atom stereocenters. The monoisotopic (exact) mass is 490 g/mol. The molecule has 3 heterocycles. The second kappa shape index (κ2) is 9.13. The summed E-state index contributed by atoms with van der Waals surface area (Å²) in [6.45, 7) is 2.33. The SMILES string of the molecule is COc1ccc2c(c1)CCc1cnc(-n3ncc(C(=O)N(C)Cc4cccc5ncccc45)c3C)nc1-2. The van der Waals surface area contributed by atoms with Crippen molar-refractivity contribution >= 4 is 16.8 Å². The molecule has 0 atom stereocenters. The Kier molecular flexibility index (Phi) is 5.64. The summed E-state index contributed by atoms with van der Waals surface area (Å²) in [5.41, 5.74) is 7.46. The molecule has 3 aromatic heterocycles. The largest absolute Gasteiger partial charge is 0.497 e. The highest BCUT2D eigenvalue weighted by Gasteiger charge is 2.23. The number of aryl methyl sites for hydroxylation is 2. The van der Waals surface area contributed by atoms with Crippen LogP contribution in [0.3, 0.4) is 0 Å². The molecule has 37 heavy (non-hydrogen) atoms. The van der Waals surface area contributed by atoms with E-state index in [0.717, 1.165) is 51.9 Å². The summed E-state index contributed by atoms with van der Waals surface area (Å²) in [5.74, 6) is 1.17. The van der Waals surface area contributed by atoms with E-state index < -0.39 is 0 Å². The summed E-state index contributed by atoms with van der Waals surface area (Å²) in [4.78, 5) is 29.0. The third-order valence-electron chi connectivity index (χ3n) is 7.00. The highest BCUT2D eigenvalue weighted by Crippen LogP contribution is 2.34. The molecule has 0 saturated heterocycles. The second-order valence-electron chi connectivity index (χ2n) is 9.27. The molecule has 0 radical (unpaired) electrons. The Labute approximate surface area is 214 Å². The van der Waals surface area contributed by atoms with Crippen LogP contribution in [0.25, 0.3) is 28.1 Å². The molecule has 2 aromatic carbocycles. The molecule has 0 aliphatic heterocycles. The third-order valence-corrected chi connectivity index (χ3v) is 7.00. The lowest BCUT2D eigenvalue weighted by Gasteiger charge is -2.20. The van der Waals surface area contributed by atoms with Gasteiger partial charge in [-0.2, -0.15) is 5.10 Å². The smallest absolute Gasteiger partial charge is 0.257 e. The highest BCUT2D eigenvalue weighted by atomic mass is 16.5. The van der Waals surface area contributed by atoms with Crippen LogP contribution < -0.4 is 4.74 Å². The van der Waals surface area contributed by atoms with Gasteiger partial charge in [-0.15, -0.1) is 0 Å². The van der Waals surface area contributed by atoms with Crippen LogP contribution in [0, 0.1) is 6.92 Å². The Bertz CT molecular complexity index is 1650. The number of hydrogen-bond donors (Lipinski definition) is 0. The number of hydrogen-bond acceptors (Lipinski definition) is 6. The molecule has 184 valence electrons. The molecule has 1 amide bonds. The standard InChI is InChI=1S/C29H26N6O2/c1-18-25(28(36)34(2)17-21-6-4-8-26-23(21)7-5-13-30-26)16-32-35(18)29-31-15-20-10-9-19-14-22(37-3)11-12-24(19)27(20)33-29/h4-8,11-16H,9-10,17H2,1-3H3. The zero-order chi connectivity index (χ0) is 25.5. The zero-order valence-corrected chi connectivity index (χ0v) is 21.0. The summed E-state index contributed by atoms with van der Waals surface area (Å²) in [6, 6.07) is 16.0. The van der Waals surface area contributed by atoms with Crippen LogP contribution in [0.15, 0.2) is 67.1 Å². The molecule has 5 aromatic rings. The van der Waals surface area contributed by atoms with Crippen LogP contribution in [-0.2, 0) is 19.4 Å². The number of carbonyl (C=O) groups is 1. The van der Waals surface area contributed by atoms with Gasteiger partial charge in [0.1, 0.15) is 5.75 Å². The maximum atomic E-state index is 13.4. The van der Waals surface area contributed by atoms with E-state index in [4.69, 9.17) is 9.72 Å². The molecule has 1 aliphatic carbocycles. The molecule has 8 heteroatoms. The van der Waals surface area contributed by atoms with E-state index in [2.05, 4.69) is 21.1 Å². The maximum absolute atomic E-state index is 13.4. The van der Waals surface area contributed by atoms with Gasteiger partial charge in [-0.3, -0.25) is 9.78 Å². The second-order valence-corrected chi connectivity index (χ2v) is 9.27. The van der Waals surface area contributed by atoms with Gasteiger partial charge in [0, 0.05) is 36.9 Å². The van der Waals surface area contributed by atoms with Gasteiger partial charge in [0.15, 0.2) is 0 Å². The van der Waals surface area contributed by atoms with Crippen molar-refractivity contribution in [3.63, 3.8) is 0 Å². The van der Waals surface area contributed by atoms with E-state index in [1.165, 1.54) is 5.56 Å². The van der Waals surface area contributed by atoms with E-state index in [1.54, 1.807) is 36.1 Å². The first kappa shape index (κ1) is 22.8. The van der Waals surface area contributed by atoms with Crippen LogP contribution in [0.5, 0.6) is 5.75 Å². The number of fused-ring (bicyclic) bond motifs is 4. The molecule has 0 N–H and O–H groups in total. The Balaban J connectivity index is 1.29. The quantitative estimate of drug-likeness (QED) is 0.359. The molecule has 8 nitrogen and oxygen atoms in total. The van der Waals surface area contributed by atoms with Gasteiger partial charge in [-0.1, -0.05) is 18.2 Å². The van der Waals surface area contributed by atoms with E-state index in [1.807, 2.05) is 55.6 Å². The number of rotatable bonds is 5. The topological polar surface area (TPSA) is 86.0 Å². The van der Waals surface area contributed by atoms with Crippen molar-refractivity contribution in [1.29, 1.82) is 0 Å². The minimum atomic E-state index is -0.111. The number of pyridine rings is 1. The Morgan fingerprint density at radius 2 is 1.92 bits per heavy atom. The summed E-state index contributed by atoms with van der Waals surface area (Å²) in [7, 11) is 3.48. The van der Waals surface area contributed by atoms with Crippen molar-refractivity contribution in [2.45, 2.75) is 26.3 Å². The first-order chi connectivity index (χ1) is 18.0. The highest BCUT2D eigenvalue weighted by molar-refractivity contribution is 5.95. The third kappa shape index (κ3) is 4.00. The molecule has 6 rings (SSSR count). The summed E-state index contributed by atoms with van der Waals surface area (Å²) in [5, 5.41) is 5.53. The lowest BCUT2D eigenvalue weighted by Crippen LogP contribution is -2.26. The van der Waals surface area contributed by atoms with Crippen molar-refractivity contribution < 1.29 is 9.53 Å². The van der Waals surface area contributed by atoms with Crippen molar-refractivity contribution in [2.24, 2.45) is 0 Å². The number of aromatic nitrogens is 5. The van der Waals surface area contributed by atoms with Gasteiger partial charge >= 0.3 is 0 Å². The molecule has 0 spiro atoms. The average molecular weight is 491 g/mol.